The van der Waals surface area contributed by atoms with E-state index in [4.69, 9.17) is 11.6 Å². The fraction of sp³-hybridized carbons (Fsp3) is 0.292. The second kappa shape index (κ2) is 12.3. The van der Waals surface area contributed by atoms with Crippen molar-refractivity contribution in [2.24, 2.45) is 5.92 Å². The van der Waals surface area contributed by atoms with Crippen LogP contribution in [0.5, 0.6) is 0 Å². The van der Waals surface area contributed by atoms with E-state index < -0.39 is 20.7 Å². The number of allylic oxidation sites excluding steroid dienone is 1. The first-order valence-corrected chi connectivity index (χ1v) is 13.9. The Kier molecular flexibility index (Phi) is 9.71. The molecule has 1 heterocycles. The molecule has 3 N–H and O–H groups in total. The predicted octanol–water partition coefficient (Wildman–Crippen LogP) is 6.18. The average molecular weight is 576 g/mol. The van der Waals surface area contributed by atoms with Crippen LogP contribution < -0.4 is 15.4 Å². The molecule has 0 radical (unpaired) electrons. The summed E-state index contributed by atoms with van der Waals surface area (Å²) in [4.78, 5) is 3.31. The molecule has 1 aliphatic carbocycles. The monoisotopic (exact) mass is 574 g/mol. The van der Waals surface area contributed by atoms with E-state index in [2.05, 4.69) is 26.4 Å². The molecular weight excluding hydrogens is 549 g/mol. The number of aromatic nitrogens is 1. The highest BCUT2D eigenvalue weighted by atomic mass is 35.5. The maximum Gasteiger partial charge on any atom is 0.266 e. The van der Waals surface area contributed by atoms with Crippen molar-refractivity contribution >= 4 is 62.4 Å². The highest BCUT2D eigenvalue weighted by Crippen LogP contribution is 2.35. The van der Waals surface area contributed by atoms with Crippen LogP contribution in [0.25, 0.3) is 5.57 Å². The SMILES string of the molecule is CCN[C@@H]1CCC=C(c2ccc(F)cc2)[C@H]1CNc1cc(F)c(S(=O)(=O)Nc2cscn2)cc1Cl.Cl. The minimum atomic E-state index is -4.20. The van der Waals surface area contributed by atoms with Gasteiger partial charge in [0.25, 0.3) is 10.0 Å². The quantitative estimate of drug-likeness (QED) is 0.284. The van der Waals surface area contributed by atoms with Gasteiger partial charge >= 0.3 is 0 Å². The van der Waals surface area contributed by atoms with Crippen molar-refractivity contribution in [3.8, 4) is 0 Å². The lowest BCUT2D eigenvalue weighted by Crippen LogP contribution is -2.41. The summed E-state index contributed by atoms with van der Waals surface area (Å²) in [6.07, 6.45) is 3.96. The van der Waals surface area contributed by atoms with E-state index in [-0.39, 0.29) is 46.7 Å². The Morgan fingerprint density at radius 2 is 1.94 bits per heavy atom. The van der Waals surface area contributed by atoms with Gasteiger partial charge in [0.2, 0.25) is 0 Å². The maximum absolute atomic E-state index is 14.9. The van der Waals surface area contributed by atoms with Gasteiger partial charge in [0, 0.05) is 23.9 Å². The first-order valence-electron chi connectivity index (χ1n) is 11.1. The molecule has 0 saturated heterocycles. The fourth-order valence-corrected chi connectivity index (χ4v) is 6.21. The first kappa shape index (κ1) is 28.3. The van der Waals surface area contributed by atoms with Crippen LogP contribution in [0.3, 0.4) is 0 Å². The van der Waals surface area contributed by atoms with Crippen LogP contribution in [0, 0.1) is 17.6 Å². The highest BCUT2D eigenvalue weighted by Gasteiger charge is 2.29. The summed E-state index contributed by atoms with van der Waals surface area (Å²) >= 11 is 7.58. The number of hydrogen-bond donors (Lipinski definition) is 3. The lowest BCUT2D eigenvalue weighted by Gasteiger charge is -2.34. The van der Waals surface area contributed by atoms with E-state index in [1.165, 1.54) is 34.4 Å². The standard InChI is InChI=1S/C24H25ClF2N4O2S2.ClH/c1-2-28-21-5-3-4-17(15-6-8-16(26)9-7-15)18(21)12-29-22-11-20(27)23(10-19(22)25)35(32,33)31-24-13-34-14-30-24;/h4,6-11,13-14,18,21,28-29,31H,2-3,5,12H2,1H3;1H/t18-,21-;/m1./s1. The van der Waals surface area contributed by atoms with Crippen molar-refractivity contribution < 1.29 is 17.2 Å². The normalized spacial score (nSPS) is 17.7. The van der Waals surface area contributed by atoms with Crippen LogP contribution in [-0.2, 0) is 10.0 Å². The number of anilines is 2. The van der Waals surface area contributed by atoms with Crippen LogP contribution in [0.4, 0.5) is 20.3 Å². The van der Waals surface area contributed by atoms with Gasteiger partial charge in [-0.05, 0) is 54.8 Å². The topological polar surface area (TPSA) is 83.1 Å². The van der Waals surface area contributed by atoms with Gasteiger partial charge in [0.1, 0.15) is 16.5 Å². The second-order valence-corrected chi connectivity index (χ2v) is 10.9. The van der Waals surface area contributed by atoms with Crippen LogP contribution >= 0.6 is 35.3 Å². The Morgan fingerprint density at radius 1 is 1.19 bits per heavy atom. The van der Waals surface area contributed by atoms with Gasteiger partial charge in [-0.1, -0.05) is 36.7 Å². The lowest BCUT2D eigenvalue weighted by molar-refractivity contribution is 0.403. The Balaban J connectivity index is 0.00000361. The third-order valence-corrected chi connectivity index (χ3v) is 8.13. The number of benzene rings is 2. The Hall–Kier alpha value is -2.24. The number of thiazole rings is 1. The van der Waals surface area contributed by atoms with Gasteiger partial charge < -0.3 is 10.6 Å². The molecule has 4 rings (SSSR count). The summed E-state index contributed by atoms with van der Waals surface area (Å²) in [5.74, 6) is -1.12. The van der Waals surface area contributed by atoms with Crippen LogP contribution in [0.15, 0.2) is 58.3 Å². The van der Waals surface area contributed by atoms with E-state index in [1.54, 1.807) is 12.1 Å². The second-order valence-electron chi connectivity index (χ2n) is 8.14. The van der Waals surface area contributed by atoms with E-state index in [0.717, 1.165) is 42.7 Å². The lowest BCUT2D eigenvalue weighted by atomic mass is 9.79. The molecule has 36 heavy (non-hydrogen) atoms. The highest BCUT2D eigenvalue weighted by molar-refractivity contribution is 7.92. The average Bonchev–Trinajstić information content (AvgIpc) is 3.33. The minimum absolute atomic E-state index is 0. The molecule has 0 unspecified atom stereocenters. The van der Waals surface area contributed by atoms with Gasteiger partial charge in [-0.25, -0.2) is 22.2 Å². The van der Waals surface area contributed by atoms with Crippen molar-refractivity contribution in [3.63, 3.8) is 0 Å². The predicted molar refractivity (Wildman–Crippen MR) is 145 cm³/mol. The number of nitrogens with one attached hydrogen (secondary N) is 3. The molecule has 0 amide bonds. The molecule has 1 aliphatic rings. The van der Waals surface area contributed by atoms with E-state index in [0.29, 0.717) is 6.54 Å². The smallest absolute Gasteiger partial charge is 0.266 e. The molecular formula is C24H26Cl2F2N4O2S2. The summed E-state index contributed by atoms with van der Waals surface area (Å²) in [6.45, 7) is 3.24. The van der Waals surface area contributed by atoms with Crippen molar-refractivity contribution in [1.29, 1.82) is 0 Å². The third kappa shape index (κ3) is 6.54. The Morgan fingerprint density at radius 3 is 2.61 bits per heavy atom. The molecule has 0 aliphatic heterocycles. The number of nitrogens with zero attached hydrogens (tertiary/aromatic N) is 1. The molecule has 2 aromatic carbocycles. The van der Waals surface area contributed by atoms with Gasteiger partial charge in [0.05, 0.1) is 16.2 Å². The maximum atomic E-state index is 14.9. The fourth-order valence-electron chi connectivity index (χ4n) is 4.27. The zero-order chi connectivity index (χ0) is 25.0. The summed E-state index contributed by atoms with van der Waals surface area (Å²) in [5.41, 5.74) is 3.75. The molecule has 0 fully saturated rings. The van der Waals surface area contributed by atoms with Crippen molar-refractivity contribution in [2.45, 2.75) is 30.7 Å². The Labute approximate surface area is 224 Å². The summed E-state index contributed by atoms with van der Waals surface area (Å²) < 4.78 is 55.9. The zero-order valence-corrected chi connectivity index (χ0v) is 22.5. The molecule has 2 atom stereocenters. The van der Waals surface area contributed by atoms with Gasteiger partial charge in [0.15, 0.2) is 5.82 Å². The van der Waals surface area contributed by atoms with Gasteiger partial charge in [-0.15, -0.1) is 23.7 Å². The van der Waals surface area contributed by atoms with Crippen LogP contribution in [0.2, 0.25) is 5.02 Å². The molecule has 1 aromatic heterocycles. The molecule has 0 saturated carbocycles. The van der Waals surface area contributed by atoms with Crippen molar-refractivity contribution in [3.05, 3.63) is 75.6 Å². The summed E-state index contributed by atoms with van der Waals surface area (Å²) in [6, 6.07) is 8.71. The van der Waals surface area contributed by atoms with E-state index in [9.17, 15) is 17.2 Å². The number of rotatable bonds is 9. The van der Waals surface area contributed by atoms with Crippen molar-refractivity contribution in [2.75, 3.05) is 23.1 Å². The molecule has 12 heteroatoms. The molecule has 0 bridgehead atoms. The molecule has 194 valence electrons. The van der Waals surface area contributed by atoms with Crippen LogP contribution in [-0.4, -0.2) is 32.5 Å². The number of hydrogen-bond acceptors (Lipinski definition) is 6. The molecule has 3 aromatic rings. The largest absolute Gasteiger partial charge is 0.383 e. The summed E-state index contributed by atoms with van der Waals surface area (Å²) in [5, 5.41) is 8.28. The Bertz CT molecular complexity index is 1300. The van der Waals surface area contributed by atoms with Crippen LogP contribution in [0.1, 0.15) is 25.3 Å². The van der Waals surface area contributed by atoms with E-state index in [1.807, 2.05) is 6.92 Å². The minimum Gasteiger partial charge on any atom is -0.383 e. The first-order chi connectivity index (χ1) is 16.8. The van der Waals surface area contributed by atoms with E-state index >= 15 is 0 Å². The van der Waals surface area contributed by atoms with Gasteiger partial charge in [-0.2, -0.15) is 0 Å². The third-order valence-electron chi connectivity index (χ3n) is 5.87. The van der Waals surface area contributed by atoms with Crippen molar-refractivity contribution in [1.82, 2.24) is 10.3 Å². The molecule has 6 nitrogen and oxygen atoms in total. The summed E-state index contributed by atoms with van der Waals surface area (Å²) in [7, 11) is -4.20. The zero-order valence-electron chi connectivity index (χ0n) is 19.3. The van der Waals surface area contributed by atoms with Gasteiger partial charge in [-0.3, -0.25) is 4.72 Å². The number of sulfonamides is 1. The number of halogens is 4. The molecule has 0 spiro atoms.